The predicted molar refractivity (Wildman–Crippen MR) is 59.5 cm³/mol. The molecule has 2 saturated heterocycles. The summed E-state index contributed by atoms with van der Waals surface area (Å²) in [5.74, 6) is -1.79. The molecule has 0 aromatic carbocycles. The Bertz CT molecular complexity index is 354. The molecule has 0 aromatic heterocycles. The molecule has 0 spiro atoms. The number of β-lactam (4-membered cyclic amide) rings is 1. The predicted octanol–water partition coefficient (Wildman–Crippen LogP) is -4.29. The zero-order valence-electron chi connectivity index (χ0n) is 9.87. The van der Waals surface area contributed by atoms with E-state index in [-0.39, 0.29) is 47.4 Å². The fourth-order valence-electron chi connectivity index (χ4n) is 2.07. The fourth-order valence-corrected chi connectivity index (χ4v) is 4.68. The van der Waals surface area contributed by atoms with Crippen molar-refractivity contribution in [2.45, 2.75) is 22.5 Å². The van der Waals surface area contributed by atoms with Crippen LogP contribution in [0.5, 0.6) is 0 Å². The van der Waals surface area contributed by atoms with Crippen LogP contribution < -0.4 is 34.7 Å². The van der Waals surface area contributed by atoms with Crippen LogP contribution in [0.2, 0.25) is 0 Å². The smallest absolute Gasteiger partial charge is 0.548 e. The number of amides is 1. The molecule has 2 fully saturated rings. The Morgan fingerprint density at radius 3 is 2.76 bits per heavy atom. The van der Waals surface area contributed by atoms with Gasteiger partial charge in [0.1, 0.15) is 4.08 Å². The molecule has 2 rings (SSSR count). The second kappa shape index (κ2) is 5.30. The summed E-state index contributed by atoms with van der Waals surface area (Å²) in [6.07, 6.45) is 0.956. The van der Waals surface area contributed by atoms with Crippen molar-refractivity contribution in [2.24, 2.45) is 5.92 Å². The maximum Gasteiger partial charge on any atom is 1.00 e. The second-order valence-electron chi connectivity index (χ2n) is 3.99. The molecule has 2 aliphatic heterocycles. The molecule has 0 radical (unpaired) electrons. The van der Waals surface area contributed by atoms with Gasteiger partial charge in [0.2, 0.25) is 5.91 Å². The Labute approximate surface area is 130 Å². The molecule has 0 bridgehead atoms. The summed E-state index contributed by atoms with van der Waals surface area (Å²) in [6, 6.07) is 0. The molecule has 90 valence electrons. The minimum absolute atomic E-state index is 0. The van der Waals surface area contributed by atoms with E-state index in [4.69, 9.17) is 0 Å². The van der Waals surface area contributed by atoms with Crippen LogP contribution in [0.15, 0.2) is 0 Å². The largest absolute Gasteiger partial charge is 1.00 e. The normalized spacial score (nSPS) is 36.9. The Hall–Kier alpha value is 0.600. The van der Waals surface area contributed by atoms with Gasteiger partial charge in [-0.15, -0.1) is 23.5 Å². The molecule has 1 amide bonds. The number of carboxylic acids is 1. The number of aliphatic hydroxyl groups excluding tert-OH is 1. The van der Waals surface area contributed by atoms with Crippen LogP contribution >= 0.6 is 23.5 Å². The standard InChI is InChI=1S/C9H13NO4S2.Na/c1-4(11)5-6(12)10-3-9(15-2,8(13)14)16-7(5)10;/h4-5,7,11H,3H2,1-2H3,(H,13,14);/q;+1/p-1/t4?,5-,7+,9?;/m0./s1. The van der Waals surface area contributed by atoms with E-state index in [1.54, 1.807) is 13.2 Å². The van der Waals surface area contributed by atoms with Crippen LogP contribution in [-0.4, -0.2) is 50.2 Å². The molecule has 0 aromatic rings. The van der Waals surface area contributed by atoms with Crippen molar-refractivity contribution < 1.29 is 49.4 Å². The molecule has 0 saturated carbocycles. The van der Waals surface area contributed by atoms with E-state index < -0.39 is 22.1 Å². The first-order valence-corrected chi connectivity index (χ1v) is 6.96. The third-order valence-corrected chi connectivity index (χ3v) is 6.24. The van der Waals surface area contributed by atoms with Crippen LogP contribution in [0.1, 0.15) is 6.92 Å². The summed E-state index contributed by atoms with van der Waals surface area (Å²) >= 11 is 2.38. The van der Waals surface area contributed by atoms with Crippen LogP contribution in [0.4, 0.5) is 0 Å². The number of rotatable bonds is 3. The van der Waals surface area contributed by atoms with Gasteiger partial charge in [0.05, 0.1) is 29.9 Å². The van der Waals surface area contributed by atoms with Gasteiger partial charge < -0.3 is 19.9 Å². The third-order valence-electron chi connectivity index (χ3n) is 3.03. The van der Waals surface area contributed by atoms with Crippen LogP contribution in [-0.2, 0) is 9.59 Å². The van der Waals surface area contributed by atoms with E-state index in [0.29, 0.717) is 0 Å². The maximum atomic E-state index is 11.6. The van der Waals surface area contributed by atoms with E-state index in [1.165, 1.54) is 28.4 Å². The van der Waals surface area contributed by atoms with E-state index >= 15 is 0 Å². The van der Waals surface area contributed by atoms with Crippen LogP contribution in [0, 0.1) is 5.92 Å². The maximum absolute atomic E-state index is 11.6. The van der Waals surface area contributed by atoms with Gasteiger partial charge in [-0.05, 0) is 13.2 Å². The summed E-state index contributed by atoms with van der Waals surface area (Å²) in [5, 5.41) is 20.3. The number of thioether (sulfide) groups is 2. The van der Waals surface area contributed by atoms with Gasteiger partial charge in [0.25, 0.3) is 0 Å². The van der Waals surface area contributed by atoms with E-state index in [9.17, 15) is 19.8 Å². The Balaban J connectivity index is 0.00000144. The van der Waals surface area contributed by atoms with Crippen molar-refractivity contribution >= 4 is 35.4 Å². The van der Waals surface area contributed by atoms with Crippen molar-refractivity contribution in [3.05, 3.63) is 0 Å². The van der Waals surface area contributed by atoms with Crippen molar-refractivity contribution in [1.29, 1.82) is 0 Å². The first-order chi connectivity index (χ1) is 7.43. The second-order valence-corrected chi connectivity index (χ2v) is 6.76. The monoisotopic (exact) mass is 285 g/mol. The number of nitrogens with zero attached hydrogens (tertiary/aromatic N) is 1. The number of hydrogen-bond donors (Lipinski definition) is 1. The molecular formula is C9H12NNaO4S2. The topological polar surface area (TPSA) is 80.7 Å². The van der Waals surface area contributed by atoms with Crippen molar-refractivity contribution in [3.8, 4) is 0 Å². The number of carbonyl (C=O) groups excluding carboxylic acids is 2. The first kappa shape index (κ1) is 15.7. The van der Waals surface area contributed by atoms with E-state index in [0.717, 1.165) is 0 Å². The number of carboxylic acid groups (broad SMARTS) is 1. The van der Waals surface area contributed by atoms with Gasteiger partial charge in [-0.1, -0.05) is 0 Å². The Morgan fingerprint density at radius 2 is 2.35 bits per heavy atom. The molecule has 2 heterocycles. The number of aliphatic hydroxyl groups is 1. The average Bonchev–Trinajstić information content (AvgIpc) is 2.53. The summed E-state index contributed by atoms with van der Waals surface area (Å²) in [4.78, 5) is 24.3. The molecule has 2 aliphatic rings. The zero-order valence-corrected chi connectivity index (χ0v) is 13.5. The Kier molecular flexibility index (Phi) is 4.88. The summed E-state index contributed by atoms with van der Waals surface area (Å²) in [5.41, 5.74) is 0. The number of hydrogen-bond acceptors (Lipinski definition) is 6. The van der Waals surface area contributed by atoms with Gasteiger partial charge in [-0.25, -0.2) is 0 Å². The summed E-state index contributed by atoms with van der Waals surface area (Å²) < 4.78 is -1.08. The number of carbonyl (C=O) groups is 2. The molecule has 0 aliphatic carbocycles. The minimum Gasteiger partial charge on any atom is -0.548 e. The molecular weight excluding hydrogens is 273 g/mol. The van der Waals surface area contributed by atoms with Gasteiger partial charge >= 0.3 is 29.6 Å². The molecule has 5 nitrogen and oxygen atoms in total. The van der Waals surface area contributed by atoms with Crippen molar-refractivity contribution in [1.82, 2.24) is 4.90 Å². The first-order valence-electron chi connectivity index (χ1n) is 4.86. The SMILES string of the molecule is CSC1(C(=O)[O-])CN2C(=O)[C@H](C(C)O)[C@H]2S1.[Na+]. The Morgan fingerprint density at radius 1 is 1.76 bits per heavy atom. The van der Waals surface area contributed by atoms with E-state index in [1.807, 2.05) is 0 Å². The molecule has 1 N–H and O–H groups in total. The van der Waals surface area contributed by atoms with Gasteiger partial charge in [-0.2, -0.15) is 0 Å². The minimum atomic E-state index is -1.16. The van der Waals surface area contributed by atoms with Crippen LogP contribution in [0.25, 0.3) is 0 Å². The molecule has 17 heavy (non-hydrogen) atoms. The van der Waals surface area contributed by atoms with Crippen LogP contribution in [0.3, 0.4) is 0 Å². The molecule has 2 unspecified atom stereocenters. The summed E-state index contributed by atoms with van der Waals surface area (Å²) in [7, 11) is 0. The van der Waals surface area contributed by atoms with Gasteiger partial charge in [-0.3, -0.25) is 4.79 Å². The fraction of sp³-hybridized carbons (Fsp3) is 0.778. The van der Waals surface area contributed by atoms with Gasteiger partial charge in [0, 0.05) is 0 Å². The molecule has 8 heteroatoms. The number of fused-ring (bicyclic) bond motifs is 1. The quantitative estimate of drug-likeness (QED) is 0.417. The molecule has 4 atom stereocenters. The van der Waals surface area contributed by atoms with Crippen molar-refractivity contribution in [2.75, 3.05) is 12.8 Å². The van der Waals surface area contributed by atoms with Gasteiger partial charge in [0.15, 0.2) is 0 Å². The average molecular weight is 285 g/mol. The summed E-state index contributed by atoms with van der Waals surface area (Å²) in [6.45, 7) is 1.71. The van der Waals surface area contributed by atoms with E-state index in [2.05, 4.69) is 0 Å². The third kappa shape index (κ3) is 2.26. The van der Waals surface area contributed by atoms with Crippen molar-refractivity contribution in [3.63, 3.8) is 0 Å². The number of aliphatic carboxylic acids is 1. The zero-order chi connectivity index (χ0) is 12.1.